The molecule has 0 atom stereocenters. The van der Waals surface area contributed by atoms with E-state index in [4.69, 9.17) is 0 Å². The van der Waals surface area contributed by atoms with Crippen LogP contribution >= 0.6 is 12.6 Å². The Morgan fingerprint density at radius 1 is 1.11 bits per heavy atom. The number of hydrogen-bond donors (Lipinski definition) is 3. The molecule has 0 aliphatic rings. The van der Waals surface area contributed by atoms with Crippen molar-refractivity contribution in [1.29, 1.82) is 0 Å². The Morgan fingerprint density at radius 3 is 2.16 bits per heavy atom. The standard InChI is InChI=1S/C7H8N2S2.C7H7.Hg/c10-7(11)9-8-6-4-2-1-3-5-6;1-7-5-3-2-4-6-7;/h1-5,8H,(H2,9,10,11);3-6H,1H3;/p+2. The molecule has 0 saturated carbocycles. The van der Waals surface area contributed by atoms with Crippen molar-refractivity contribution in [3.8, 4) is 0 Å². The summed E-state index contributed by atoms with van der Waals surface area (Å²) in [5.41, 5.74) is 5.29. The predicted octanol–water partition coefficient (Wildman–Crippen LogP) is 0.559. The topological polar surface area (TPSA) is 26.0 Å². The van der Waals surface area contributed by atoms with Gasteiger partial charge in [0.25, 0.3) is 0 Å². The first kappa shape index (κ1) is 16.6. The minimum Gasteiger partial charge on any atom is -0.164 e. The average molecular weight is 478 g/mol. The Labute approximate surface area is 141 Å². The molecule has 0 spiro atoms. The third kappa shape index (κ3) is 8.34. The molecule has 0 heterocycles. The second-order valence-electron chi connectivity index (χ2n) is 3.95. The summed E-state index contributed by atoms with van der Waals surface area (Å²) in [7, 11) is 0. The summed E-state index contributed by atoms with van der Waals surface area (Å²) in [4.78, 5) is 0. The van der Waals surface area contributed by atoms with Gasteiger partial charge in [-0.3, -0.25) is 0 Å². The molecule has 0 aliphatic heterocycles. The van der Waals surface area contributed by atoms with E-state index in [0.717, 1.165) is 31.8 Å². The van der Waals surface area contributed by atoms with Gasteiger partial charge in [-0.2, -0.15) is 5.43 Å². The van der Waals surface area contributed by atoms with Crippen LogP contribution in [0.3, 0.4) is 0 Å². The van der Waals surface area contributed by atoms with Gasteiger partial charge in [-0.15, -0.1) is 0 Å². The molecule has 19 heavy (non-hydrogen) atoms. The Hall–Kier alpha value is -0.455. The van der Waals surface area contributed by atoms with Crippen LogP contribution in [0.2, 0.25) is 0 Å². The van der Waals surface area contributed by atoms with Gasteiger partial charge in [0, 0.05) is 0 Å². The minimum atomic E-state index is 0.647. The van der Waals surface area contributed by atoms with Gasteiger partial charge < -0.3 is 0 Å². The Bertz CT molecular complexity index is 488. The van der Waals surface area contributed by atoms with Crippen molar-refractivity contribution in [2.75, 3.05) is 5.43 Å². The molecular weight excluding hydrogens is 461 g/mol. The van der Waals surface area contributed by atoms with Crippen molar-refractivity contribution in [3.63, 3.8) is 0 Å². The van der Waals surface area contributed by atoms with Crippen LogP contribution < -0.4 is 13.6 Å². The van der Waals surface area contributed by atoms with Gasteiger partial charge in [-0.25, -0.2) is 0 Å². The fourth-order valence-electron chi connectivity index (χ4n) is 1.24. The normalized spacial score (nSPS) is 10.5. The molecule has 0 unspecified atom stereocenters. The smallest absolute Gasteiger partial charge is 0.164 e. The summed E-state index contributed by atoms with van der Waals surface area (Å²) in [5, 5.41) is 2.81. The van der Waals surface area contributed by atoms with E-state index in [1.165, 1.54) is 8.64 Å². The number of benzene rings is 2. The van der Waals surface area contributed by atoms with E-state index < -0.39 is 0 Å². The number of hydrazone groups is 1. The fourth-order valence-corrected chi connectivity index (χ4v) is 2.28. The first-order valence-corrected chi connectivity index (χ1v) is 9.51. The van der Waals surface area contributed by atoms with Crippen LogP contribution in [0.15, 0.2) is 54.6 Å². The Morgan fingerprint density at radius 2 is 1.68 bits per heavy atom. The zero-order valence-corrected chi connectivity index (χ0v) is 18.2. The van der Waals surface area contributed by atoms with E-state index >= 15 is 0 Å². The van der Waals surface area contributed by atoms with Gasteiger partial charge in [0.2, 0.25) is 0 Å². The molecule has 0 fully saturated rings. The molecule has 2 aromatic carbocycles. The van der Waals surface area contributed by atoms with Crippen LogP contribution in [-0.4, -0.2) is 4.38 Å². The number of para-hydroxylation sites is 1. The second kappa shape index (κ2) is 9.45. The molecule has 0 amide bonds. The molecule has 2 N–H and O–H groups in total. The maximum absolute atomic E-state index is 3.98. The Balaban J connectivity index is 0.000000200. The fraction of sp³-hybridized carbons (Fsp3) is 0.0714. The second-order valence-corrected chi connectivity index (χ2v) is 8.49. The number of thiol groups is 1. The number of hydrogen-bond acceptors (Lipinski definition) is 1. The van der Waals surface area contributed by atoms with Gasteiger partial charge in [0.1, 0.15) is 0 Å². The molecule has 0 radical (unpaired) electrons. The van der Waals surface area contributed by atoms with Gasteiger partial charge in [-0.05, 0) is 24.8 Å². The molecule has 2 aromatic rings. The van der Waals surface area contributed by atoms with Gasteiger partial charge in [-0.1, -0.05) is 23.3 Å². The van der Waals surface area contributed by atoms with E-state index in [9.17, 15) is 0 Å². The summed E-state index contributed by atoms with van der Waals surface area (Å²) in [6, 6.07) is 18.5. The summed E-state index contributed by atoms with van der Waals surface area (Å²) in [6.07, 6.45) is 0. The first-order chi connectivity index (χ1) is 9.08. The summed E-state index contributed by atoms with van der Waals surface area (Å²) >= 11 is 7.97. The van der Waals surface area contributed by atoms with Crippen molar-refractivity contribution in [2.24, 2.45) is 0 Å². The summed E-state index contributed by atoms with van der Waals surface area (Å²) < 4.78 is 2.17. The van der Waals surface area contributed by atoms with Crippen LogP contribution in [0.4, 0.5) is 5.69 Å². The van der Waals surface area contributed by atoms with Crippen molar-refractivity contribution in [1.82, 2.24) is 0 Å². The minimum absolute atomic E-state index is 0.647. The number of aryl methyl sites for hydroxylation is 1. The zero-order chi connectivity index (χ0) is 14.1. The van der Waals surface area contributed by atoms with E-state index in [1.54, 1.807) is 0 Å². The van der Waals surface area contributed by atoms with Crippen molar-refractivity contribution in [2.45, 2.75) is 6.92 Å². The number of rotatable bonds is 2. The van der Waals surface area contributed by atoms with E-state index in [-0.39, 0.29) is 0 Å². The number of hydrazine groups is 1. The Kier molecular flexibility index (Phi) is 8.25. The largest absolute Gasteiger partial charge is 0.433 e. The number of anilines is 1. The predicted molar refractivity (Wildman–Crippen MR) is 86.0 cm³/mol. The quantitative estimate of drug-likeness (QED) is 0.145. The maximum atomic E-state index is 3.98. The average Bonchev–Trinajstić information content (AvgIpc) is 2.42. The van der Waals surface area contributed by atoms with Crippen LogP contribution in [-0.2, 0) is 38.8 Å². The van der Waals surface area contributed by atoms with Crippen molar-refractivity contribution in [3.05, 3.63) is 60.2 Å². The molecule has 0 saturated heterocycles. The molecule has 2 nitrogen and oxygen atoms in total. The van der Waals surface area contributed by atoms with Gasteiger partial charge in [0.05, 0.1) is 18.3 Å². The SMILES string of the molecule is Cc1cc[c]([Hg])cc1.S/C([SH2+])=[NH+]\Nc1ccccc1. The zero-order valence-electron chi connectivity index (χ0n) is 10.9. The van der Waals surface area contributed by atoms with Crippen molar-refractivity contribution >= 4 is 38.4 Å². The van der Waals surface area contributed by atoms with Crippen LogP contribution in [0.5, 0.6) is 0 Å². The van der Waals surface area contributed by atoms with E-state index in [2.05, 4.69) is 67.0 Å². The number of nitrogens with one attached hydrogen (secondary N) is 2. The van der Waals surface area contributed by atoms with Crippen LogP contribution in [0.25, 0.3) is 0 Å². The van der Waals surface area contributed by atoms with E-state index in [1.807, 2.05) is 30.3 Å². The van der Waals surface area contributed by atoms with Gasteiger partial charge >= 0.3 is 70.3 Å². The van der Waals surface area contributed by atoms with Crippen LogP contribution in [0, 0.1) is 6.92 Å². The van der Waals surface area contributed by atoms with Gasteiger partial charge in [0.15, 0.2) is 0 Å². The third-order valence-electron chi connectivity index (χ3n) is 2.22. The molecule has 0 aliphatic carbocycles. The maximum Gasteiger partial charge on any atom is 0.433 e. The first-order valence-electron chi connectivity index (χ1n) is 5.81. The van der Waals surface area contributed by atoms with Crippen LogP contribution in [0.1, 0.15) is 5.56 Å². The molecule has 5 heteroatoms. The third-order valence-corrected chi connectivity index (χ3v) is 4.29. The molecule has 0 bridgehead atoms. The molecular formula is C14H17HgN2S2+2. The molecule has 0 aromatic heterocycles. The summed E-state index contributed by atoms with van der Waals surface area (Å²) in [5.74, 6) is 0. The van der Waals surface area contributed by atoms with E-state index in [0.29, 0.717) is 4.38 Å². The molecule has 95 valence electrons. The molecule has 2 rings (SSSR count). The monoisotopic (exact) mass is 479 g/mol. The van der Waals surface area contributed by atoms with Crippen molar-refractivity contribution < 1.29 is 31.2 Å². The summed E-state index contributed by atoms with van der Waals surface area (Å²) in [6.45, 7) is 2.12.